The molecule has 0 spiro atoms. The van der Waals surface area contributed by atoms with Crippen molar-refractivity contribution in [1.29, 1.82) is 0 Å². The normalized spacial score (nSPS) is 12.1. The second-order valence-electron chi connectivity index (χ2n) is 22.0. The Bertz CT molecular complexity index is 6650. The van der Waals surface area contributed by atoms with Crippen LogP contribution in [0, 0.1) is 0 Å². The van der Waals surface area contributed by atoms with Crippen LogP contribution in [0.15, 0.2) is 205 Å². The van der Waals surface area contributed by atoms with Gasteiger partial charge in [0.2, 0.25) is 34.4 Å². The Morgan fingerprint density at radius 2 is 0.560 bits per heavy atom. The molecule has 2 aromatic heterocycles. The Morgan fingerprint density at radius 3 is 0.845 bits per heavy atom. The molecule has 10 aromatic carbocycles. The van der Waals surface area contributed by atoms with E-state index in [2.05, 4.69) is 71.6 Å². The minimum Gasteiger partial charge on any atom is -0.744 e. The molecule has 6 N–H and O–H groups in total. The number of phenols is 2. The molecule has 0 unspecified atom stereocenters. The maximum absolute atomic E-state index is 13.0. The number of hydrogen-bond acceptors (Lipinski definition) is 40. The first-order chi connectivity index (χ1) is 50.2. The van der Waals surface area contributed by atoms with E-state index in [1.165, 1.54) is 12.1 Å². The van der Waals surface area contributed by atoms with E-state index in [1.807, 2.05) is 0 Å². The number of rotatable bonds is 21. The summed E-state index contributed by atoms with van der Waals surface area (Å²) in [6, 6.07) is 22.7. The van der Waals surface area contributed by atoms with Crippen molar-refractivity contribution in [3.05, 3.63) is 156 Å². The summed E-state index contributed by atoms with van der Waals surface area (Å²) in [7, 11) is -44.2. The van der Waals surface area contributed by atoms with E-state index in [1.54, 1.807) is 0 Å². The van der Waals surface area contributed by atoms with Gasteiger partial charge in [0.1, 0.15) is 104 Å². The van der Waals surface area contributed by atoms with E-state index in [-0.39, 0.29) is 281 Å². The van der Waals surface area contributed by atoms with Crippen LogP contribution in [-0.2, 0) is 80.9 Å². The second kappa shape index (κ2) is 40.4. The summed E-state index contributed by atoms with van der Waals surface area (Å²) in [6.07, 6.45) is 0. The van der Waals surface area contributed by atoms with Crippen molar-refractivity contribution >= 4 is 217 Å². The first kappa shape index (κ1) is 105. The predicted octanol–water partition coefficient (Wildman–Crippen LogP) is -15.9. The summed E-state index contributed by atoms with van der Waals surface area (Å²) < 4.78 is 300. The second-order valence-corrected chi connectivity index (χ2v) is 33.4. The summed E-state index contributed by atoms with van der Waals surface area (Å²) >= 11 is 12.4. The molecule has 2 heterocycles. The molecule has 0 radical (unpaired) electrons. The molecular weight excluding hydrogens is 1820 g/mol. The third-order valence-corrected chi connectivity index (χ3v) is 22.6. The number of nitrogens with one attached hydrogen (secondary N) is 4. The van der Waals surface area contributed by atoms with Gasteiger partial charge in [0.05, 0.1) is 39.2 Å². The summed E-state index contributed by atoms with van der Waals surface area (Å²) in [5.41, 5.74) is -5.73. The number of benzene rings is 10. The van der Waals surface area contributed by atoms with E-state index in [0.29, 0.717) is 12.1 Å². The fourth-order valence-corrected chi connectivity index (χ4v) is 16.9. The molecule has 58 heteroatoms. The maximum atomic E-state index is 13.0. The molecule has 0 bridgehead atoms. The van der Waals surface area contributed by atoms with Crippen LogP contribution in [0.5, 0.6) is 11.5 Å². The van der Waals surface area contributed by atoms with Crippen molar-refractivity contribution in [1.82, 2.24) is 29.9 Å². The van der Waals surface area contributed by atoms with E-state index in [9.17, 15) is 114 Å². The minimum atomic E-state index is -5.63. The van der Waals surface area contributed by atoms with Crippen LogP contribution in [0.25, 0.3) is 54.2 Å². The third-order valence-electron chi connectivity index (χ3n) is 15.1. The third kappa shape index (κ3) is 24.0. The SMILES string of the molecule is O=S(=O)([O-])c1cc(Nc2nc(Cl)nc(Nc3ccc4c(O)c(N=Nc5ccc6c(S(=O)(=O)[O-])cccc6c5S(=O)(=O)[O-])c(S(=O)(=O)[O-])cc4c3)n2)ccc1-c1ccc(Nc2nc(Cl)nc(Nc3ccc4c(O)c(N=Nc5ccc6c(S(=O)(=O)[O-])cccc6c5S(=O)(=O)[O-])c(S(=O)(=O)[O-])cc4c3)n2)cc1S(=O)(=O)[O-].[Na+].[Na+].[Na+].[Na+].[Na+].[Na+].[Na+].[Na+]. The molecule has 12 rings (SSSR count). The standard InChI is InChI=1S/C58H38Cl2N14O26S8.8Na/c59-53-65-55(61-27-7-11-31-25(19-27)21-45(105(89,90)91)47(49(31)75)73-71-39-17-15-35-37(51(39)107(95,96)97)3-1-5-41(35)101(77,78)79)69-57(67-53)63-29-9-13-33(43(23-29)103(83,84)85)34-14-10-30(24-44(34)104(86,87)88)64-58-68-54(60)66-56(70-58)62-28-8-12-32-26(20-28)22-46(106(92,93)94)48(50(32)76)74-72-40-18-16-36-38(52(40)108(98,99)100)4-2-6-42(36)102(80,81)82;;;;;;;;/h1-24,75-76H,(H,77,78,79)(H,80,81,82)(H,83,84,85)(H,86,87,88)(H,89,90,91)(H,92,93,94)(H,95,96,97)(H,98,99,100)(H2,61,63,65,67,69)(H2,62,64,66,68,70);;;;;;;;/q;8*+1/p-8. The fourth-order valence-electron chi connectivity index (χ4n) is 10.8. The van der Waals surface area contributed by atoms with Gasteiger partial charge in [0, 0.05) is 66.2 Å². The van der Waals surface area contributed by atoms with Gasteiger partial charge in [-0.05, 0) is 131 Å². The number of azo groups is 2. The minimum absolute atomic E-state index is 0. The molecule has 116 heavy (non-hydrogen) atoms. The number of hydrogen-bond donors (Lipinski definition) is 6. The molecule has 0 saturated heterocycles. The van der Waals surface area contributed by atoms with Gasteiger partial charge in [0.25, 0.3) is 0 Å². The van der Waals surface area contributed by atoms with E-state index in [4.69, 9.17) is 23.2 Å². The summed E-state index contributed by atoms with van der Waals surface area (Å²) in [5, 5.41) is 43.5. The zero-order valence-corrected chi connectivity index (χ0v) is 84.1. The fraction of sp³-hybridized carbons (Fsp3) is 0. The largest absolute Gasteiger partial charge is 1.00 e. The van der Waals surface area contributed by atoms with Gasteiger partial charge >= 0.3 is 236 Å². The van der Waals surface area contributed by atoms with Crippen LogP contribution < -0.4 is 258 Å². The number of aromatic nitrogens is 6. The van der Waals surface area contributed by atoms with Crippen molar-refractivity contribution < 1.29 is 350 Å². The van der Waals surface area contributed by atoms with Crippen LogP contribution in [0.4, 0.5) is 69.3 Å². The molecule has 558 valence electrons. The van der Waals surface area contributed by atoms with Crippen LogP contribution in [0.1, 0.15) is 0 Å². The molecule has 40 nitrogen and oxygen atoms in total. The number of nitrogens with zero attached hydrogens (tertiary/aromatic N) is 10. The van der Waals surface area contributed by atoms with Gasteiger partial charge < -0.3 is 67.9 Å². The van der Waals surface area contributed by atoms with Crippen LogP contribution >= 0.6 is 23.2 Å². The molecule has 0 aliphatic carbocycles. The molecule has 0 amide bonds. The zero-order valence-electron chi connectivity index (χ0n) is 60.0. The van der Waals surface area contributed by atoms with Gasteiger partial charge in [0.15, 0.2) is 11.5 Å². The molecule has 0 aliphatic heterocycles. The van der Waals surface area contributed by atoms with Crippen LogP contribution in [0.2, 0.25) is 10.6 Å². The maximum Gasteiger partial charge on any atom is 1.00 e. The van der Waals surface area contributed by atoms with Gasteiger partial charge in [-0.25, -0.2) is 67.3 Å². The predicted molar refractivity (Wildman–Crippen MR) is 366 cm³/mol. The molecule has 12 aromatic rings. The Labute approximate surface area is 842 Å². The smallest absolute Gasteiger partial charge is 0.744 e. The molecule has 0 saturated carbocycles. The van der Waals surface area contributed by atoms with E-state index < -0.39 is 221 Å². The Morgan fingerprint density at radius 1 is 0.284 bits per heavy atom. The Balaban J connectivity index is 0.00000354. The van der Waals surface area contributed by atoms with Gasteiger partial charge in [-0.2, -0.15) is 29.9 Å². The topological polar surface area (TPSA) is 673 Å². The quantitative estimate of drug-likeness (QED) is 0.0221. The van der Waals surface area contributed by atoms with Crippen LogP contribution in [0.3, 0.4) is 0 Å². The number of aromatic hydroxyl groups is 2. The first-order valence-electron chi connectivity index (χ1n) is 28.6. The monoisotopic (exact) mass is 1850 g/mol. The average molecular weight is 1850 g/mol. The van der Waals surface area contributed by atoms with Gasteiger partial charge in [-0.15, -0.1) is 20.5 Å². The summed E-state index contributed by atoms with van der Waals surface area (Å²) in [6.45, 7) is 0. The number of fused-ring (bicyclic) bond motifs is 4. The zero-order chi connectivity index (χ0) is 78.5. The molecule has 0 atom stereocenters. The molecule has 0 aliphatic rings. The number of halogens is 2. The van der Waals surface area contributed by atoms with Gasteiger partial charge in [-0.1, -0.05) is 48.5 Å². The Hall–Kier alpha value is -2.88. The van der Waals surface area contributed by atoms with Crippen molar-refractivity contribution in [2.75, 3.05) is 21.3 Å². The summed E-state index contributed by atoms with van der Waals surface area (Å²) in [5.74, 6) is -3.86. The van der Waals surface area contributed by atoms with E-state index in [0.717, 1.165) is 121 Å². The van der Waals surface area contributed by atoms with Crippen molar-refractivity contribution in [2.24, 2.45) is 20.5 Å². The van der Waals surface area contributed by atoms with Gasteiger partial charge in [-0.3, -0.25) is 0 Å². The first-order valence-corrected chi connectivity index (χ1v) is 40.6. The van der Waals surface area contributed by atoms with Crippen molar-refractivity contribution in [3.8, 4) is 22.6 Å². The van der Waals surface area contributed by atoms with Crippen LogP contribution in [-0.4, -0.2) is 144 Å². The van der Waals surface area contributed by atoms with Crippen molar-refractivity contribution in [3.63, 3.8) is 0 Å². The average Bonchev–Trinajstić information content (AvgIpc) is 0.752. The Kier molecular flexibility index (Phi) is 36.7. The summed E-state index contributed by atoms with van der Waals surface area (Å²) in [4.78, 5) is 15.0. The number of anilines is 8. The number of phenolic OH excluding ortho intramolecular Hbond substituents is 2. The molecular formula is C58H30Cl2N14Na8O26S8. The van der Waals surface area contributed by atoms with E-state index >= 15 is 0 Å². The van der Waals surface area contributed by atoms with Crippen molar-refractivity contribution in [2.45, 2.75) is 39.2 Å². The molecule has 0 fully saturated rings.